The van der Waals surface area contributed by atoms with Crippen LogP contribution in [-0.4, -0.2) is 48.7 Å². The standard InChI is InChI=1S/C25H31ClN2O3/c1-31-25-20(9-6-10-21(25)26)24(30)22(16-28-11-4-5-12-28)27-23(29)15-17-13-18-7-2-3-8-19(18)14-17/h2-3,6-10,17,22,24,30H,4-5,11-16H2,1H3,(H,27,29)/t22-,24-/m1/s1. The highest BCUT2D eigenvalue weighted by molar-refractivity contribution is 6.32. The normalized spacial score (nSPS) is 18.5. The van der Waals surface area contributed by atoms with Gasteiger partial charge in [0.05, 0.1) is 18.2 Å². The number of fused-ring (bicyclic) bond motifs is 1. The van der Waals surface area contributed by atoms with Crippen molar-refractivity contribution in [2.24, 2.45) is 5.92 Å². The number of aliphatic hydroxyl groups is 1. The zero-order valence-electron chi connectivity index (χ0n) is 18.0. The van der Waals surface area contributed by atoms with Gasteiger partial charge in [-0.3, -0.25) is 4.79 Å². The quantitative estimate of drug-likeness (QED) is 0.653. The van der Waals surface area contributed by atoms with Crippen molar-refractivity contribution in [3.8, 4) is 5.75 Å². The van der Waals surface area contributed by atoms with Crippen LogP contribution in [0.2, 0.25) is 5.02 Å². The number of hydrogen-bond acceptors (Lipinski definition) is 4. The van der Waals surface area contributed by atoms with Crippen molar-refractivity contribution < 1.29 is 14.6 Å². The number of ether oxygens (including phenoxy) is 1. The average Bonchev–Trinajstić information content (AvgIpc) is 3.41. The number of hydrogen-bond donors (Lipinski definition) is 2. The zero-order chi connectivity index (χ0) is 21.8. The second kappa shape index (κ2) is 10.0. The minimum absolute atomic E-state index is 0.0120. The van der Waals surface area contributed by atoms with Gasteiger partial charge >= 0.3 is 0 Å². The van der Waals surface area contributed by atoms with E-state index >= 15 is 0 Å². The maximum Gasteiger partial charge on any atom is 0.220 e. The predicted octanol–water partition coefficient (Wildman–Crippen LogP) is 3.77. The summed E-state index contributed by atoms with van der Waals surface area (Å²) in [5.41, 5.74) is 3.29. The summed E-state index contributed by atoms with van der Waals surface area (Å²) in [6.45, 7) is 2.58. The van der Waals surface area contributed by atoms with Crippen molar-refractivity contribution in [3.63, 3.8) is 0 Å². The summed E-state index contributed by atoms with van der Waals surface area (Å²) in [5.74, 6) is 0.758. The Balaban J connectivity index is 1.46. The van der Waals surface area contributed by atoms with Crippen LogP contribution in [0.25, 0.3) is 0 Å². The smallest absolute Gasteiger partial charge is 0.220 e. The molecule has 4 rings (SSSR count). The molecule has 166 valence electrons. The number of methoxy groups -OCH3 is 1. The zero-order valence-corrected chi connectivity index (χ0v) is 18.8. The lowest BCUT2D eigenvalue weighted by molar-refractivity contribution is -0.123. The fourth-order valence-corrected chi connectivity index (χ4v) is 5.24. The number of carbonyl (C=O) groups is 1. The Morgan fingerprint density at radius 3 is 2.48 bits per heavy atom. The first kappa shape index (κ1) is 22.1. The first-order valence-corrected chi connectivity index (χ1v) is 11.5. The summed E-state index contributed by atoms with van der Waals surface area (Å²) in [6.07, 6.45) is 3.73. The molecule has 1 aliphatic carbocycles. The number of benzene rings is 2. The van der Waals surface area contributed by atoms with Gasteiger partial charge in [0.1, 0.15) is 11.9 Å². The molecule has 2 aliphatic rings. The van der Waals surface area contributed by atoms with Gasteiger partial charge in [-0.05, 0) is 61.9 Å². The Bertz CT molecular complexity index is 888. The molecule has 2 atom stereocenters. The Labute approximate surface area is 189 Å². The highest BCUT2D eigenvalue weighted by Crippen LogP contribution is 2.34. The number of nitrogens with zero attached hydrogens (tertiary/aromatic N) is 1. The predicted molar refractivity (Wildman–Crippen MR) is 123 cm³/mol. The molecule has 2 aromatic carbocycles. The molecule has 0 saturated carbocycles. The molecule has 0 bridgehead atoms. The summed E-state index contributed by atoms with van der Waals surface area (Å²) in [5, 5.41) is 14.8. The largest absolute Gasteiger partial charge is 0.495 e. The van der Waals surface area contributed by atoms with E-state index in [1.54, 1.807) is 19.2 Å². The molecule has 0 unspecified atom stereocenters. The number of rotatable bonds is 8. The number of likely N-dealkylation sites (tertiary alicyclic amines) is 1. The van der Waals surface area contributed by atoms with Gasteiger partial charge in [0, 0.05) is 18.5 Å². The molecule has 0 spiro atoms. The van der Waals surface area contributed by atoms with Crippen LogP contribution < -0.4 is 10.1 Å². The van der Waals surface area contributed by atoms with Gasteiger partial charge in [0.25, 0.3) is 0 Å². The van der Waals surface area contributed by atoms with Crippen LogP contribution in [0.4, 0.5) is 0 Å². The molecule has 1 fully saturated rings. The lowest BCUT2D eigenvalue weighted by Gasteiger charge is -2.30. The minimum atomic E-state index is -0.904. The molecule has 1 saturated heterocycles. The van der Waals surface area contributed by atoms with E-state index in [0.717, 1.165) is 38.8 Å². The molecule has 2 N–H and O–H groups in total. The molecule has 0 radical (unpaired) electrons. The third-order valence-corrected chi connectivity index (χ3v) is 6.81. The lowest BCUT2D eigenvalue weighted by Crippen LogP contribution is -2.47. The van der Waals surface area contributed by atoms with E-state index in [0.29, 0.717) is 35.2 Å². The fraction of sp³-hybridized carbons (Fsp3) is 0.480. The third-order valence-electron chi connectivity index (χ3n) is 6.51. The van der Waals surface area contributed by atoms with E-state index in [-0.39, 0.29) is 5.91 Å². The first-order valence-electron chi connectivity index (χ1n) is 11.1. The summed E-state index contributed by atoms with van der Waals surface area (Å²) in [4.78, 5) is 15.3. The molecule has 1 heterocycles. The highest BCUT2D eigenvalue weighted by Gasteiger charge is 2.30. The topological polar surface area (TPSA) is 61.8 Å². The van der Waals surface area contributed by atoms with Crippen LogP contribution in [0.1, 0.15) is 42.1 Å². The fourth-order valence-electron chi connectivity index (χ4n) is 4.98. The van der Waals surface area contributed by atoms with E-state index in [4.69, 9.17) is 16.3 Å². The molecule has 1 aliphatic heterocycles. The van der Waals surface area contributed by atoms with Gasteiger partial charge < -0.3 is 20.1 Å². The number of amides is 1. The van der Waals surface area contributed by atoms with Gasteiger partial charge in [-0.15, -0.1) is 0 Å². The van der Waals surface area contributed by atoms with E-state index in [2.05, 4.69) is 34.5 Å². The van der Waals surface area contributed by atoms with Crippen molar-refractivity contribution >= 4 is 17.5 Å². The van der Waals surface area contributed by atoms with Crippen molar-refractivity contribution in [2.45, 2.75) is 44.2 Å². The summed E-state index contributed by atoms with van der Waals surface area (Å²) < 4.78 is 5.45. The molecule has 2 aromatic rings. The van der Waals surface area contributed by atoms with Crippen molar-refractivity contribution in [3.05, 3.63) is 64.2 Å². The third kappa shape index (κ3) is 5.22. The van der Waals surface area contributed by atoms with E-state index in [9.17, 15) is 9.90 Å². The number of nitrogens with one attached hydrogen (secondary N) is 1. The molecular formula is C25H31ClN2O3. The first-order chi connectivity index (χ1) is 15.0. The molecule has 6 heteroatoms. The monoisotopic (exact) mass is 442 g/mol. The van der Waals surface area contributed by atoms with Gasteiger partial charge in [-0.2, -0.15) is 0 Å². The maximum atomic E-state index is 13.0. The van der Waals surface area contributed by atoms with E-state index in [1.807, 2.05) is 6.07 Å². The summed E-state index contributed by atoms with van der Waals surface area (Å²) in [6, 6.07) is 13.3. The number of aliphatic hydroxyl groups excluding tert-OH is 1. The van der Waals surface area contributed by atoms with Crippen LogP contribution in [0.5, 0.6) is 5.75 Å². The Morgan fingerprint density at radius 1 is 1.16 bits per heavy atom. The second-order valence-corrected chi connectivity index (χ2v) is 9.14. The van der Waals surface area contributed by atoms with Gasteiger partial charge in [-0.25, -0.2) is 0 Å². The SMILES string of the molecule is COc1c(Cl)cccc1[C@@H](O)[C@@H](CN1CCCC1)NC(=O)CC1Cc2ccccc2C1. The summed E-state index contributed by atoms with van der Waals surface area (Å²) in [7, 11) is 1.54. The van der Waals surface area contributed by atoms with Crippen LogP contribution in [0.3, 0.4) is 0 Å². The lowest BCUT2D eigenvalue weighted by atomic mass is 9.98. The Hall–Kier alpha value is -2.08. The molecule has 1 amide bonds. The minimum Gasteiger partial charge on any atom is -0.495 e. The van der Waals surface area contributed by atoms with Gasteiger partial charge in [0.15, 0.2) is 0 Å². The van der Waals surface area contributed by atoms with Crippen LogP contribution in [0.15, 0.2) is 42.5 Å². The summed E-state index contributed by atoms with van der Waals surface area (Å²) >= 11 is 6.28. The van der Waals surface area contributed by atoms with Crippen LogP contribution >= 0.6 is 11.6 Å². The van der Waals surface area contributed by atoms with Crippen molar-refractivity contribution in [1.29, 1.82) is 0 Å². The average molecular weight is 443 g/mol. The van der Waals surface area contributed by atoms with Gasteiger partial charge in [0.2, 0.25) is 5.91 Å². The van der Waals surface area contributed by atoms with E-state index < -0.39 is 12.1 Å². The Kier molecular flexibility index (Phi) is 7.16. The van der Waals surface area contributed by atoms with Crippen molar-refractivity contribution in [1.82, 2.24) is 10.2 Å². The maximum absolute atomic E-state index is 13.0. The molecule has 0 aromatic heterocycles. The van der Waals surface area contributed by atoms with Gasteiger partial charge in [-0.1, -0.05) is 48.0 Å². The van der Waals surface area contributed by atoms with Crippen LogP contribution in [0, 0.1) is 5.92 Å². The van der Waals surface area contributed by atoms with E-state index in [1.165, 1.54) is 11.1 Å². The Morgan fingerprint density at radius 2 is 1.84 bits per heavy atom. The highest BCUT2D eigenvalue weighted by atomic mass is 35.5. The second-order valence-electron chi connectivity index (χ2n) is 8.74. The molecule has 5 nitrogen and oxygen atoms in total. The number of para-hydroxylation sites is 1. The number of halogens is 1. The molecular weight excluding hydrogens is 412 g/mol. The molecule has 31 heavy (non-hydrogen) atoms. The van der Waals surface area contributed by atoms with Crippen molar-refractivity contribution in [2.75, 3.05) is 26.7 Å². The number of carbonyl (C=O) groups excluding carboxylic acids is 1. The van der Waals surface area contributed by atoms with Crippen LogP contribution in [-0.2, 0) is 17.6 Å².